The van der Waals surface area contributed by atoms with Gasteiger partial charge < -0.3 is 4.74 Å². The second-order valence-electron chi connectivity index (χ2n) is 8.92. The van der Waals surface area contributed by atoms with E-state index in [4.69, 9.17) is 4.74 Å². The first-order valence-electron chi connectivity index (χ1n) is 11.9. The van der Waals surface area contributed by atoms with Crippen LogP contribution >= 0.6 is 0 Å². The van der Waals surface area contributed by atoms with Gasteiger partial charge in [0.25, 0.3) is 15.9 Å². The summed E-state index contributed by atoms with van der Waals surface area (Å²) in [5.41, 5.74) is 4.58. The van der Waals surface area contributed by atoms with Crippen LogP contribution < -0.4 is 9.46 Å². The summed E-state index contributed by atoms with van der Waals surface area (Å²) in [5.74, 6) is -0.337. The van der Waals surface area contributed by atoms with Crippen molar-refractivity contribution in [1.29, 1.82) is 0 Å². The molecule has 0 fully saturated rings. The van der Waals surface area contributed by atoms with E-state index in [0.717, 1.165) is 35.2 Å². The van der Waals surface area contributed by atoms with Crippen molar-refractivity contribution in [3.63, 3.8) is 0 Å². The second kappa shape index (κ2) is 10.5. The number of carbonyl (C=O) groups excluding carboxylic acids is 1. The summed E-state index contributed by atoms with van der Waals surface area (Å²) >= 11 is 0. The normalized spacial score (nSPS) is 11.4. The third kappa shape index (κ3) is 5.86. The van der Waals surface area contributed by atoms with Gasteiger partial charge in [-0.15, -0.1) is 0 Å². The summed E-state index contributed by atoms with van der Waals surface area (Å²) in [5, 5.41) is 4.10. The van der Waals surface area contributed by atoms with Crippen molar-refractivity contribution in [3.8, 4) is 22.9 Å². The van der Waals surface area contributed by atoms with E-state index >= 15 is 0 Å². The molecule has 10 heteroatoms. The molecular weight excluding hydrogens is 490 g/mol. The minimum atomic E-state index is -4.21. The van der Waals surface area contributed by atoms with E-state index < -0.39 is 15.9 Å². The predicted octanol–water partition coefficient (Wildman–Crippen LogP) is 4.89. The first-order chi connectivity index (χ1) is 17.6. The zero-order valence-corrected chi connectivity index (χ0v) is 22.3. The molecule has 1 amide bonds. The fraction of sp³-hybridized carbons (Fsp3) is 0.259. The molecule has 1 N–H and O–H groups in total. The van der Waals surface area contributed by atoms with Crippen molar-refractivity contribution in [2.45, 2.75) is 52.6 Å². The summed E-state index contributed by atoms with van der Waals surface area (Å²) in [6.45, 7) is 10.3. The number of hydrogen-bond donors (Lipinski definition) is 1. The van der Waals surface area contributed by atoms with Crippen molar-refractivity contribution < 1.29 is 17.9 Å². The zero-order chi connectivity index (χ0) is 26.7. The number of hydrogen-bond acceptors (Lipinski definition) is 7. The summed E-state index contributed by atoms with van der Waals surface area (Å²) in [6.07, 6.45) is 4.49. The van der Waals surface area contributed by atoms with Crippen LogP contribution in [0.15, 0.2) is 59.9 Å². The molecule has 3 heterocycles. The summed E-state index contributed by atoms with van der Waals surface area (Å²) in [7, 11) is -4.21. The van der Waals surface area contributed by atoms with Gasteiger partial charge in [0.05, 0.1) is 11.9 Å². The third-order valence-electron chi connectivity index (χ3n) is 5.66. The molecule has 0 bridgehead atoms. The smallest absolute Gasteiger partial charge is 0.281 e. The Morgan fingerprint density at radius 2 is 1.76 bits per heavy atom. The molecule has 9 nitrogen and oxygen atoms in total. The second-order valence-corrected chi connectivity index (χ2v) is 10.6. The Bertz CT molecular complexity index is 1550. The maximum Gasteiger partial charge on any atom is 0.281 e. The number of carbonyl (C=O) groups is 1. The minimum Gasteiger partial charge on any atom is -0.438 e. The first-order valence-corrected chi connectivity index (χ1v) is 13.4. The molecule has 0 saturated heterocycles. The highest BCUT2D eigenvalue weighted by Gasteiger charge is 2.25. The van der Waals surface area contributed by atoms with Crippen molar-refractivity contribution in [1.82, 2.24) is 24.5 Å². The average molecular weight is 520 g/mol. The highest BCUT2D eigenvalue weighted by molar-refractivity contribution is 7.90. The molecule has 192 valence electrons. The van der Waals surface area contributed by atoms with E-state index in [9.17, 15) is 13.2 Å². The fourth-order valence-corrected chi connectivity index (χ4v) is 5.00. The number of aryl methyl sites for hydroxylation is 5. The van der Waals surface area contributed by atoms with Gasteiger partial charge in [0.1, 0.15) is 11.3 Å². The standard InChI is InChI=1S/C27H29N5O4S/c1-6-12-32-16-21(15-28-32)23-11-10-22(26(33)31-37(34,35)24-9-7-8-20(5)29-24)27(30-23)36-25-18(3)13-17(2)14-19(25)4/h7-11,13-16H,6,12H2,1-5H3,(H,31,33). The Labute approximate surface area is 216 Å². The Morgan fingerprint density at radius 3 is 2.43 bits per heavy atom. The van der Waals surface area contributed by atoms with Gasteiger partial charge in [-0.25, -0.2) is 14.7 Å². The Balaban J connectivity index is 1.75. The largest absolute Gasteiger partial charge is 0.438 e. The highest BCUT2D eigenvalue weighted by Crippen LogP contribution is 2.32. The SMILES string of the molecule is CCCn1cc(-c2ccc(C(=O)NS(=O)(=O)c3cccc(C)n3)c(Oc3c(C)cc(C)cc3C)n2)cn1. The molecule has 0 unspecified atom stereocenters. The first kappa shape index (κ1) is 26.0. The van der Waals surface area contributed by atoms with E-state index in [1.54, 1.807) is 31.3 Å². The number of nitrogens with zero attached hydrogens (tertiary/aromatic N) is 4. The van der Waals surface area contributed by atoms with Gasteiger partial charge >= 0.3 is 0 Å². The predicted molar refractivity (Wildman–Crippen MR) is 140 cm³/mol. The molecule has 3 aromatic heterocycles. The number of ether oxygens (including phenoxy) is 1. The molecule has 0 spiro atoms. The minimum absolute atomic E-state index is 0.0132. The molecule has 4 rings (SSSR count). The molecule has 0 aliphatic heterocycles. The van der Waals surface area contributed by atoms with E-state index in [-0.39, 0.29) is 16.5 Å². The van der Waals surface area contributed by atoms with E-state index in [1.165, 1.54) is 12.1 Å². The van der Waals surface area contributed by atoms with Gasteiger partial charge in [-0.05, 0) is 69.5 Å². The van der Waals surface area contributed by atoms with Gasteiger partial charge in [0, 0.05) is 24.0 Å². The number of pyridine rings is 2. The molecule has 37 heavy (non-hydrogen) atoms. The van der Waals surface area contributed by atoms with Crippen molar-refractivity contribution in [2.24, 2.45) is 0 Å². The maximum atomic E-state index is 13.2. The number of rotatable bonds is 8. The summed E-state index contributed by atoms with van der Waals surface area (Å²) < 4.78 is 35.8. The van der Waals surface area contributed by atoms with Crippen LogP contribution in [-0.2, 0) is 16.6 Å². The molecule has 0 aliphatic carbocycles. The van der Waals surface area contributed by atoms with Crippen LogP contribution in [0.2, 0.25) is 0 Å². The monoisotopic (exact) mass is 519 g/mol. The molecule has 0 atom stereocenters. The van der Waals surface area contributed by atoms with E-state index in [2.05, 4.69) is 26.7 Å². The summed E-state index contributed by atoms with van der Waals surface area (Å²) in [6, 6.07) is 11.6. The molecule has 0 aliphatic rings. The molecular formula is C27H29N5O4S. The van der Waals surface area contributed by atoms with Crippen LogP contribution in [0, 0.1) is 27.7 Å². The molecule has 4 aromatic rings. The number of sulfonamides is 1. The van der Waals surface area contributed by atoms with Crippen molar-refractivity contribution >= 4 is 15.9 Å². The maximum absolute atomic E-state index is 13.2. The van der Waals surface area contributed by atoms with Gasteiger partial charge in [-0.2, -0.15) is 13.5 Å². The Hall–Kier alpha value is -4.05. The Morgan fingerprint density at radius 1 is 1.03 bits per heavy atom. The van der Waals surface area contributed by atoms with Gasteiger partial charge in [-0.1, -0.05) is 30.7 Å². The quantitative estimate of drug-likeness (QED) is 0.352. The van der Waals surface area contributed by atoms with Crippen LogP contribution in [0.25, 0.3) is 11.3 Å². The van der Waals surface area contributed by atoms with Crippen molar-refractivity contribution in [2.75, 3.05) is 0 Å². The highest BCUT2D eigenvalue weighted by atomic mass is 32.2. The Kier molecular flexibility index (Phi) is 7.40. The number of amides is 1. The van der Waals surface area contributed by atoms with Crippen LogP contribution in [0.1, 0.15) is 46.1 Å². The van der Waals surface area contributed by atoms with Gasteiger partial charge in [-0.3, -0.25) is 9.48 Å². The van der Waals surface area contributed by atoms with Crippen molar-refractivity contribution in [3.05, 3.63) is 82.8 Å². The average Bonchev–Trinajstić information content (AvgIpc) is 3.30. The molecule has 0 radical (unpaired) electrons. The van der Waals surface area contributed by atoms with Crippen LogP contribution in [0.3, 0.4) is 0 Å². The van der Waals surface area contributed by atoms with Gasteiger partial charge in [0.15, 0.2) is 5.03 Å². The fourth-order valence-electron chi connectivity index (χ4n) is 4.02. The van der Waals surface area contributed by atoms with Crippen LogP contribution in [-0.4, -0.2) is 34.1 Å². The lowest BCUT2D eigenvalue weighted by molar-refractivity contribution is 0.0978. The third-order valence-corrected chi connectivity index (χ3v) is 6.89. The lowest BCUT2D eigenvalue weighted by atomic mass is 10.1. The number of aromatic nitrogens is 4. The lowest BCUT2D eigenvalue weighted by Crippen LogP contribution is -2.31. The van der Waals surface area contributed by atoms with Crippen LogP contribution in [0.5, 0.6) is 11.6 Å². The van der Waals surface area contributed by atoms with Gasteiger partial charge in [0.2, 0.25) is 5.88 Å². The van der Waals surface area contributed by atoms with Crippen LogP contribution in [0.4, 0.5) is 0 Å². The topological polar surface area (TPSA) is 116 Å². The molecule has 0 saturated carbocycles. The lowest BCUT2D eigenvalue weighted by Gasteiger charge is -2.15. The number of nitrogens with one attached hydrogen (secondary N) is 1. The summed E-state index contributed by atoms with van der Waals surface area (Å²) in [4.78, 5) is 21.9. The zero-order valence-electron chi connectivity index (χ0n) is 21.4. The number of benzene rings is 1. The molecule has 1 aromatic carbocycles. The van der Waals surface area contributed by atoms with E-state index in [1.807, 2.05) is 43.8 Å². The van der Waals surface area contributed by atoms with E-state index in [0.29, 0.717) is 17.1 Å².